The molecular weight excluding hydrogens is 154 g/mol. The van der Waals surface area contributed by atoms with Crippen LogP contribution in [0.15, 0.2) is 0 Å². The van der Waals surface area contributed by atoms with Crippen molar-refractivity contribution in [2.45, 2.75) is 39.2 Å². The van der Waals surface area contributed by atoms with Gasteiger partial charge < -0.3 is 0 Å². The van der Waals surface area contributed by atoms with E-state index in [4.69, 9.17) is 0 Å². The Labute approximate surface area is 74.5 Å². The van der Waals surface area contributed by atoms with E-state index < -0.39 is 0 Å². The van der Waals surface area contributed by atoms with Gasteiger partial charge in [-0.25, -0.2) is 0 Å². The van der Waals surface area contributed by atoms with Crippen LogP contribution in [0, 0.1) is 0 Å². The van der Waals surface area contributed by atoms with E-state index in [1.54, 1.807) is 0 Å². The molecule has 0 aromatic rings. The third-order valence-corrected chi connectivity index (χ3v) is 3.32. The Morgan fingerprint density at radius 2 is 2.27 bits per heavy atom. The van der Waals surface area contributed by atoms with Gasteiger partial charge in [0, 0.05) is 11.9 Å². The van der Waals surface area contributed by atoms with Crippen molar-refractivity contribution in [3.05, 3.63) is 0 Å². The molecule has 0 spiro atoms. The normalized spacial score (nSPS) is 27.3. The molecule has 0 saturated carbocycles. The third kappa shape index (κ3) is 3.04. The van der Waals surface area contributed by atoms with Gasteiger partial charge in [0.05, 0.1) is 0 Å². The van der Waals surface area contributed by atoms with Crippen LogP contribution >= 0.6 is 11.8 Å². The number of piperidine rings is 1. The number of thioether (sulfide) groups is 1. The molecular formula is C9H19NS. The van der Waals surface area contributed by atoms with E-state index in [0.29, 0.717) is 0 Å². The second-order valence-electron chi connectivity index (χ2n) is 3.28. The molecule has 0 aromatic heterocycles. The molecule has 0 radical (unpaired) electrons. The highest BCUT2D eigenvalue weighted by Gasteiger charge is 2.16. The smallest absolute Gasteiger partial charge is 0.0446 e. The Morgan fingerprint density at radius 3 is 2.91 bits per heavy atom. The molecule has 0 aliphatic carbocycles. The molecule has 1 nitrogen and oxygen atoms in total. The van der Waals surface area contributed by atoms with Crippen LogP contribution in [0.5, 0.6) is 0 Å². The SMILES string of the molecule is CCSCN1CCCC[C@H]1C. The first-order valence-electron chi connectivity index (χ1n) is 4.66. The molecule has 2 heteroatoms. The predicted octanol–water partition coefficient (Wildman–Crippen LogP) is 2.57. The van der Waals surface area contributed by atoms with E-state index in [1.807, 2.05) is 11.8 Å². The number of hydrogen-bond donors (Lipinski definition) is 0. The molecule has 0 N–H and O–H groups in total. The van der Waals surface area contributed by atoms with Gasteiger partial charge in [-0.2, -0.15) is 0 Å². The highest BCUT2D eigenvalue weighted by molar-refractivity contribution is 7.99. The van der Waals surface area contributed by atoms with Crippen molar-refractivity contribution in [3.63, 3.8) is 0 Å². The Bertz CT molecular complexity index is 106. The molecule has 66 valence electrons. The summed E-state index contributed by atoms with van der Waals surface area (Å²) in [6, 6.07) is 0.836. The lowest BCUT2D eigenvalue weighted by Gasteiger charge is -2.32. The molecule has 1 heterocycles. The van der Waals surface area contributed by atoms with Gasteiger partial charge >= 0.3 is 0 Å². The van der Waals surface area contributed by atoms with E-state index in [9.17, 15) is 0 Å². The maximum Gasteiger partial charge on any atom is 0.0446 e. The van der Waals surface area contributed by atoms with Crippen molar-refractivity contribution in [1.82, 2.24) is 4.90 Å². The van der Waals surface area contributed by atoms with Crippen LogP contribution in [-0.4, -0.2) is 29.1 Å². The Balaban J connectivity index is 2.18. The van der Waals surface area contributed by atoms with Crippen LogP contribution in [0.3, 0.4) is 0 Å². The zero-order chi connectivity index (χ0) is 8.10. The van der Waals surface area contributed by atoms with Gasteiger partial charge in [0.15, 0.2) is 0 Å². The molecule has 1 saturated heterocycles. The summed E-state index contributed by atoms with van der Waals surface area (Å²) in [5.41, 5.74) is 0. The number of hydrogen-bond acceptors (Lipinski definition) is 2. The summed E-state index contributed by atoms with van der Waals surface area (Å²) in [7, 11) is 0. The molecule has 0 unspecified atom stereocenters. The summed E-state index contributed by atoms with van der Waals surface area (Å²) in [4.78, 5) is 2.61. The van der Waals surface area contributed by atoms with Gasteiger partial charge in [0.2, 0.25) is 0 Å². The largest absolute Gasteiger partial charge is 0.291 e. The molecule has 11 heavy (non-hydrogen) atoms. The van der Waals surface area contributed by atoms with Crippen molar-refractivity contribution in [2.24, 2.45) is 0 Å². The molecule has 0 amide bonds. The second-order valence-corrected chi connectivity index (χ2v) is 4.52. The van der Waals surface area contributed by atoms with Crippen LogP contribution in [-0.2, 0) is 0 Å². The lowest BCUT2D eigenvalue weighted by atomic mass is 10.1. The minimum Gasteiger partial charge on any atom is -0.291 e. The summed E-state index contributed by atoms with van der Waals surface area (Å²) < 4.78 is 0. The fourth-order valence-electron chi connectivity index (χ4n) is 1.56. The van der Waals surface area contributed by atoms with Gasteiger partial charge in [-0.05, 0) is 32.1 Å². The average Bonchev–Trinajstić information content (AvgIpc) is 2.03. The first kappa shape index (κ1) is 9.40. The molecule has 1 fully saturated rings. The van der Waals surface area contributed by atoms with Gasteiger partial charge in [-0.15, -0.1) is 11.8 Å². The van der Waals surface area contributed by atoms with E-state index in [1.165, 1.54) is 37.4 Å². The Morgan fingerprint density at radius 1 is 1.45 bits per heavy atom. The van der Waals surface area contributed by atoms with Gasteiger partial charge in [0.1, 0.15) is 0 Å². The quantitative estimate of drug-likeness (QED) is 0.645. The van der Waals surface area contributed by atoms with E-state index in [2.05, 4.69) is 18.7 Å². The summed E-state index contributed by atoms with van der Waals surface area (Å²) in [5, 5.41) is 0. The molecule has 0 aromatic carbocycles. The Kier molecular flexibility index (Phi) is 4.31. The van der Waals surface area contributed by atoms with Crippen LogP contribution in [0.1, 0.15) is 33.1 Å². The topological polar surface area (TPSA) is 3.24 Å². The zero-order valence-corrected chi connectivity index (χ0v) is 8.49. The summed E-state index contributed by atoms with van der Waals surface area (Å²) in [5.74, 6) is 2.50. The monoisotopic (exact) mass is 173 g/mol. The van der Waals surface area contributed by atoms with Crippen LogP contribution in [0.25, 0.3) is 0 Å². The van der Waals surface area contributed by atoms with Crippen molar-refractivity contribution in [2.75, 3.05) is 18.2 Å². The minimum absolute atomic E-state index is 0.836. The van der Waals surface area contributed by atoms with Gasteiger partial charge in [0.25, 0.3) is 0 Å². The molecule has 1 atom stereocenters. The van der Waals surface area contributed by atoms with Gasteiger partial charge in [-0.3, -0.25) is 4.90 Å². The highest BCUT2D eigenvalue weighted by Crippen LogP contribution is 2.18. The first-order chi connectivity index (χ1) is 5.34. The van der Waals surface area contributed by atoms with Crippen molar-refractivity contribution >= 4 is 11.8 Å². The zero-order valence-electron chi connectivity index (χ0n) is 7.68. The van der Waals surface area contributed by atoms with Crippen molar-refractivity contribution < 1.29 is 0 Å². The number of likely N-dealkylation sites (tertiary alicyclic amines) is 1. The van der Waals surface area contributed by atoms with E-state index >= 15 is 0 Å². The van der Waals surface area contributed by atoms with E-state index in [0.717, 1.165) is 6.04 Å². The maximum atomic E-state index is 2.61. The fraction of sp³-hybridized carbons (Fsp3) is 1.00. The summed E-state index contributed by atoms with van der Waals surface area (Å²) in [6.07, 6.45) is 4.26. The first-order valence-corrected chi connectivity index (χ1v) is 5.82. The van der Waals surface area contributed by atoms with Crippen LogP contribution < -0.4 is 0 Å². The number of nitrogens with zero attached hydrogens (tertiary/aromatic N) is 1. The van der Waals surface area contributed by atoms with E-state index in [-0.39, 0.29) is 0 Å². The minimum atomic E-state index is 0.836. The average molecular weight is 173 g/mol. The predicted molar refractivity (Wildman–Crippen MR) is 53.0 cm³/mol. The van der Waals surface area contributed by atoms with Crippen molar-refractivity contribution in [1.29, 1.82) is 0 Å². The molecule has 1 aliphatic rings. The molecule has 0 bridgehead atoms. The van der Waals surface area contributed by atoms with Gasteiger partial charge in [-0.1, -0.05) is 13.3 Å². The fourth-order valence-corrected chi connectivity index (χ4v) is 2.36. The maximum absolute atomic E-state index is 2.61. The molecule has 1 aliphatic heterocycles. The van der Waals surface area contributed by atoms with Crippen LogP contribution in [0.4, 0.5) is 0 Å². The lowest BCUT2D eigenvalue weighted by Crippen LogP contribution is -2.37. The summed E-state index contributed by atoms with van der Waals surface area (Å²) in [6.45, 7) is 5.92. The molecule has 1 rings (SSSR count). The summed E-state index contributed by atoms with van der Waals surface area (Å²) >= 11 is 2.04. The highest BCUT2D eigenvalue weighted by atomic mass is 32.2. The standard InChI is InChI=1S/C9H19NS/c1-3-11-8-10-7-5-4-6-9(10)2/h9H,3-8H2,1-2H3/t9-/m1/s1. The second kappa shape index (κ2) is 5.04. The van der Waals surface area contributed by atoms with Crippen LogP contribution in [0.2, 0.25) is 0 Å². The lowest BCUT2D eigenvalue weighted by molar-refractivity contribution is 0.191. The van der Waals surface area contributed by atoms with Crippen molar-refractivity contribution in [3.8, 4) is 0 Å². The number of rotatable bonds is 3. The Hall–Kier alpha value is 0.310. The third-order valence-electron chi connectivity index (χ3n) is 2.40.